The summed E-state index contributed by atoms with van der Waals surface area (Å²) < 4.78 is 41.1. The number of hydrogen-bond donors (Lipinski definition) is 0. The first-order valence-corrected chi connectivity index (χ1v) is 6.74. The second-order valence-corrected chi connectivity index (χ2v) is 5.71. The average molecular weight is 344 g/mol. The van der Waals surface area contributed by atoms with Crippen molar-refractivity contribution in [2.45, 2.75) is 12.3 Å². The molecule has 1 aromatic heterocycles. The van der Waals surface area contributed by atoms with E-state index in [0.29, 0.717) is 4.88 Å². The molecule has 0 spiro atoms. The largest absolute Gasteiger partial charge is 0.411 e. The molecule has 1 amide bonds. The molecule has 0 bridgehead atoms. The maximum absolute atomic E-state index is 11.9. The van der Waals surface area contributed by atoms with Gasteiger partial charge in [-0.1, -0.05) is 0 Å². The van der Waals surface area contributed by atoms with Gasteiger partial charge in [-0.25, -0.2) is 0 Å². The minimum atomic E-state index is -4.32. The first-order valence-electron chi connectivity index (χ1n) is 5.07. The molecular formula is C10H9BrF3NO2S. The van der Waals surface area contributed by atoms with Crippen LogP contribution in [0.25, 0.3) is 0 Å². The van der Waals surface area contributed by atoms with Gasteiger partial charge in [-0.15, -0.1) is 11.3 Å². The Balaban J connectivity index is 1.77. The van der Waals surface area contributed by atoms with Crippen LogP contribution in [0, 0.1) is 0 Å². The Hall–Kier alpha value is -0.600. The van der Waals surface area contributed by atoms with Crippen molar-refractivity contribution in [1.29, 1.82) is 0 Å². The molecule has 1 fully saturated rings. The lowest BCUT2D eigenvalue weighted by Gasteiger charge is -2.38. The fourth-order valence-corrected chi connectivity index (χ4v) is 2.90. The Kier molecular flexibility index (Phi) is 3.98. The number of likely N-dealkylation sites (tertiary alicyclic amines) is 1. The molecular weight excluding hydrogens is 335 g/mol. The van der Waals surface area contributed by atoms with Gasteiger partial charge in [-0.05, 0) is 22.0 Å². The fraction of sp³-hybridized carbons (Fsp3) is 0.500. The van der Waals surface area contributed by atoms with E-state index in [-0.39, 0.29) is 19.0 Å². The number of nitrogens with zero attached hydrogens (tertiary/aromatic N) is 1. The van der Waals surface area contributed by atoms with E-state index in [1.165, 1.54) is 16.2 Å². The van der Waals surface area contributed by atoms with Gasteiger partial charge in [0.1, 0.15) is 6.61 Å². The van der Waals surface area contributed by atoms with Gasteiger partial charge in [0.2, 0.25) is 0 Å². The van der Waals surface area contributed by atoms with E-state index in [0.717, 1.165) is 4.47 Å². The highest BCUT2D eigenvalue weighted by Gasteiger charge is 2.36. The molecule has 1 aromatic rings. The summed E-state index contributed by atoms with van der Waals surface area (Å²) in [4.78, 5) is 13.9. The zero-order valence-electron chi connectivity index (χ0n) is 9.04. The first-order chi connectivity index (χ1) is 8.35. The van der Waals surface area contributed by atoms with Crippen LogP contribution in [-0.4, -0.2) is 42.8 Å². The number of carbonyl (C=O) groups excluding carboxylic acids is 1. The van der Waals surface area contributed by atoms with Gasteiger partial charge in [0.15, 0.2) is 0 Å². The van der Waals surface area contributed by atoms with Crippen molar-refractivity contribution in [2.75, 3.05) is 19.7 Å². The summed E-state index contributed by atoms with van der Waals surface area (Å²) in [5.41, 5.74) is 0. The van der Waals surface area contributed by atoms with Gasteiger partial charge in [-0.3, -0.25) is 4.79 Å². The molecule has 0 unspecified atom stereocenters. The molecule has 0 N–H and O–H groups in total. The smallest absolute Gasteiger partial charge is 0.365 e. The number of alkyl halides is 3. The van der Waals surface area contributed by atoms with Crippen LogP contribution in [-0.2, 0) is 4.74 Å². The van der Waals surface area contributed by atoms with Gasteiger partial charge >= 0.3 is 6.18 Å². The monoisotopic (exact) mass is 343 g/mol. The zero-order valence-corrected chi connectivity index (χ0v) is 11.4. The average Bonchev–Trinajstić information content (AvgIpc) is 2.60. The third-order valence-corrected chi connectivity index (χ3v) is 4.08. The van der Waals surface area contributed by atoms with Crippen molar-refractivity contribution in [3.63, 3.8) is 0 Å². The van der Waals surface area contributed by atoms with Crippen molar-refractivity contribution in [3.8, 4) is 0 Å². The molecule has 8 heteroatoms. The summed E-state index contributed by atoms with van der Waals surface area (Å²) in [5.74, 6) is -0.169. The van der Waals surface area contributed by atoms with E-state index >= 15 is 0 Å². The molecule has 0 saturated carbocycles. The van der Waals surface area contributed by atoms with Crippen molar-refractivity contribution >= 4 is 33.2 Å². The summed E-state index contributed by atoms with van der Waals surface area (Å²) in [5, 5.41) is 1.78. The quantitative estimate of drug-likeness (QED) is 0.844. The SMILES string of the molecule is O=C(c1cc(Br)cs1)N1CC(OCC(F)(F)F)C1. The van der Waals surface area contributed by atoms with Crippen LogP contribution in [0.4, 0.5) is 13.2 Å². The molecule has 1 aliphatic heterocycles. The van der Waals surface area contributed by atoms with E-state index in [2.05, 4.69) is 20.7 Å². The topological polar surface area (TPSA) is 29.5 Å². The minimum Gasteiger partial charge on any atom is -0.365 e. The number of rotatable bonds is 3. The van der Waals surface area contributed by atoms with Crippen molar-refractivity contribution in [2.24, 2.45) is 0 Å². The highest BCUT2D eigenvalue weighted by Crippen LogP contribution is 2.24. The normalized spacial score (nSPS) is 16.8. The van der Waals surface area contributed by atoms with Crippen LogP contribution >= 0.6 is 27.3 Å². The minimum absolute atomic E-state index is 0.169. The van der Waals surface area contributed by atoms with Crippen LogP contribution in [0.5, 0.6) is 0 Å². The van der Waals surface area contributed by atoms with Gasteiger partial charge < -0.3 is 9.64 Å². The summed E-state index contributed by atoms with van der Waals surface area (Å²) >= 11 is 4.53. The van der Waals surface area contributed by atoms with Crippen LogP contribution in [0.15, 0.2) is 15.9 Å². The van der Waals surface area contributed by atoms with E-state index < -0.39 is 18.9 Å². The third-order valence-electron chi connectivity index (χ3n) is 2.40. The Morgan fingerprint density at radius 3 is 2.72 bits per heavy atom. The number of ether oxygens (including phenoxy) is 1. The van der Waals surface area contributed by atoms with Crippen LogP contribution < -0.4 is 0 Å². The fourth-order valence-electron chi connectivity index (χ4n) is 1.50. The lowest BCUT2D eigenvalue weighted by Crippen LogP contribution is -2.55. The molecule has 18 heavy (non-hydrogen) atoms. The maximum Gasteiger partial charge on any atom is 0.411 e. The summed E-state index contributed by atoms with van der Waals surface area (Å²) in [6.45, 7) is -0.834. The predicted octanol–water partition coefficient (Wildman–Crippen LogP) is 2.91. The Bertz CT molecular complexity index is 443. The van der Waals surface area contributed by atoms with Gasteiger partial charge in [0, 0.05) is 22.9 Å². The van der Waals surface area contributed by atoms with Crippen molar-refractivity contribution in [1.82, 2.24) is 4.90 Å². The molecule has 0 aliphatic carbocycles. The summed E-state index contributed by atoms with van der Waals surface area (Å²) in [6.07, 6.45) is -4.83. The van der Waals surface area contributed by atoms with Gasteiger partial charge in [0.25, 0.3) is 5.91 Å². The van der Waals surface area contributed by atoms with E-state index in [9.17, 15) is 18.0 Å². The van der Waals surface area contributed by atoms with Crippen LogP contribution in [0.2, 0.25) is 0 Å². The zero-order chi connectivity index (χ0) is 13.3. The van der Waals surface area contributed by atoms with Crippen molar-refractivity contribution in [3.05, 3.63) is 20.8 Å². The number of hydrogen-bond acceptors (Lipinski definition) is 3. The van der Waals surface area contributed by atoms with Crippen LogP contribution in [0.3, 0.4) is 0 Å². The predicted molar refractivity (Wildman–Crippen MR) is 63.7 cm³/mol. The molecule has 1 aliphatic rings. The standard InChI is InChI=1S/C10H9BrF3NO2S/c11-6-1-8(18-4-6)9(16)15-2-7(3-15)17-5-10(12,13)14/h1,4,7H,2-3,5H2. The highest BCUT2D eigenvalue weighted by atomic mass is 79.9. The number of thiophene rings is 1. The Labute approximate surface area is 114 Å². The van der Waals surface area contributed by atoms with Crippen molar-refractivity contribution < 1.29 is 22.7 Å². The summed E-state index contributed by atoms with van der Waals surface area (Å²) in [6, 6.07) is 1.69. The molecule has 100 valence electrons. The summed E-state index contributed by atoms with van der Waals surface area (Å²) in [7, 11) is 0. The molecule has 2 heterocycles. The molecule has 1 saturated heterocycles. The third kappa shape index (κ3) is 3.46. The molecule has 0 radical (unpaired) electrons. The molecule has 3 nitrogen and oxygen atoms in total. The highest BCUT2D eigenvalue weighted by molar-refractivity contribution is 9.10. The first kappa shape index (κ1) is 13.8. The van der Waals surface area contributed by atoms with E-state index in [1.54, 1.807) is 11.4 Å². The van der Waals surface area contributed by atoms with E-state index in [4.69, 9.17) is 0 Å². The molecule has 2 rings (SSSR count). The van der Waals surface area contributed by atoms with Gasteiger partial charge in [0.05, 0.1) is 11.0 Å². The lowest BCUT2D eigenvalue weighted by molar-refractivity contribution is -0.196. The molecule has 0 atom stereocenters. The molecule has 0 aromatic carbocycles. The second kappa shape index (κ2) is 5.18. The Morgan fingerprint density at radius 2 is 2.22 bits per heavy atom. The Morgan fingerprint density at radius 1 is 1.56 bits per heavy atom. The second-order valence-electron chi connectivity index (χ2n) is 3.89. The van der Waals surface area contributed by atoms with Crippen LogP contribution in [0.1, 0.15) is 9.67 Å². The number of carbonyl (C=O) groups is 1. The maximum atomic E-state index is 11.9. The lowest BCUT2D eigenvalue weighted by atomic mass is 10.1. The number of amides is 1. The number of halogens is 4. The van der Waals surface area contributed by atoms with E-state index in [1.807, 2.05) is 0 Å². The van der Waals surface area contributed by atoms with Gasteiger partial charge in [-0.2, -0.15) is 13.2 Å².